The third-order valence-corrected chi connectivity index (χ3v) is 3.38. The molecule has 1 aliphatic rings. The lowest BCUT2D eigenvalue weighted by Crippen LogP contribution is -2.01. The number of hydrogen-bond donors (Lipinski definition) is 1. The summed E-state index contributed by atoms with van der Waals surface area (Å²) >= 11 is 1.44. The van der Waals surface area contributed by atoms with Crippen molar-refractivity contribution in [3.05, 3.63) is 12.4 Å². The van der Waals surface area contributed by atoms with E-state index in [1.807, 2.05) is 11.6 Å². The Morgan fingerprint density at radius 2 is 2.33 bits per heavy atom. The quantitative estimate of drug-likeness (QED) is 0.872. The minimum atomic E-state index is 0.465. The predicted octanol–water partition coefficient (Wildman–Crippen LogP) is 1.38. The first-order valence-electron chi connectivity index (χ1n) is 5.88. The number of nitrogens with one attached hydrogen (secondary N) is 1. The highest BCUT2D eigenvalue weighted by Gasteiger charge is 2.28. The standard InChI is InChI=1S/C10H13N7S/c1-2-12-8-5-11-6-9(13-8)18-10-14-15-16-17(10)7-3-4-7/h5-7H,2-4H2,1H3,(H,12,13). The van der Waals surface area contributed by atoms with Crippen LogP contribution in [0.3, 0.4) is 0 Å². The zero-order valence-corrected chi connectivity index (χ0v) is 10.8. The Balaban J connectivity index is 1.78. The van der Waals surface area contributed by atoms with Crippen molar-refractivity contribution >= 4 is 17.6 Å². The molecule has 0 aromatic carbocycles. The summed E-state index contributed by atoms with van der Waals surface area (Å²) in [4.78, 5) is 8.59. The van der Waals surface area contributed by atoms with E-state index in [4.69, 9.17) is 0 Å². The monoisotopic (exact) mass is 263 g/mol. The number of aromatic nitrogens is 6. The molecule has 1 aliphatic carbocycles. The maximum absolute atomic E-state index is 4.44. The summed E-state index contributed by atoms with van der Waals surface area (Å²) in [5, 5.41) is 16.5. The Morgan fingerprint density at radius 3 is 3.11 bits per heavy atom. The second kappa shape index (κ2) is 4.89. The van der Waals surface area contributed by atoms with Gasteiger partial charge in [0.2, 0.25) is 5.16 Å². The third-order valence-electron chi connectivity index (χ3n) is 2.52. The van der Waals surface area contributed by atoms with Gasteiger partial charge in [0.15, 0.2) is 0 Å². The van der Waals surface area contributed by atoms with Crippen LogP contribution in [-0.2, 0) is 0 Å². The van der Waals surface area contributed by atoms with Crippen LogP contribution in [0.25, 0.3) is 0 Å². The highest BCUT2D eigenvalue weighted by Crippen LogP contribution is 2.37. The molecule has 7 nitrogen and oxygen atoms in total. The predicted molar refractivity (Wildman–Crippen MR) is 66.4 cm³/mol. The lowest BCUT2D eigenvalue weighted by atomic mass is 10.6. The van der Waals surface area contributed by atoms with Crippen molar-refractivity contribution in [1.29, 1.82) is 0 Å². The zero-order chi connectivity index (χ0) is 12.4. The second-order valence-electron chi connectivity index (χ2n) is 4.01. The van der Waals surface area contributed by atoms with E-state index >= 15 is 0 Å². The SMILES string of the molecule is CCNc1cncc(Sc2nnnn2C2CC2)n1. The molecule has 8 heteroatoms. The molecule has 0 unspecified atom stereocenters. The summed E-state index contributed by atoms with van der Waals surface area (Å²) < 4.78 is 1.87. The van der Waals surface area contributed by atoms with Gasteiger partial charge in [-0.25, -0.2) is 9.67 Å². The minimum absolute atomic E-state index is 0.465. The first-order chi connectivity index (χ1) is 8.86. The van der Waals surface area contributed by atoms with Crippen molar-refractivity contribution in [2.75, 3.05) is 11.9 Å². The Kier molecular flexibility index (Phi) is 3.09. The van der Waals surface area contributed by atoms with Crippen molar-refractivity contribution in [1.82, 2.24) is 30.2 Å². The Morgan fingerprint density at radius 1 is 1.44 bits per heavy atom. The molecule has 2 aromatic heterocycles. The van der Waals surface area contributed by atoms with Gasteiger partial charge in [0.25, 0.3) is 0 Å². The van der Waals surface area contributed by atoms with Gasteiger partial charge in [-0.15, -0.1) is 5.10 Å². The van der Waals surface area contributed by atoms with E-state index in [9.17, 15) is 0 Å². The largest absolute Gasteiger partial charge is 0.369 e. The molecule has 0 aliphatic heterocycles. The van der Waals surface area contributed by atoms with Gasteiger partial charge >= 0.3 is 0 Å². The fraction of sp³-hybridized carbons (Fsp3) is 0.500. The minimum Gasteiger partial charge on any atom is -0.369 e. The molecule has 3 rings (SSSR count). The summed E-state index contributed by atoms with van der Waals surface area (Å²) in [6, 6.07) is 0.465. The van der Waals surface area contributed by atoms with Crippen LogP contribution < -0.4 is 5.32 Å². The number of nitrogens with zero attached hydrogens (tertiary/aromatic N) is 6. The van der Waals surface area contributed by atoms with E-state index in [2.05, 4.69) is 30.8 Å². The van der Waals surface area contributed by atoms with Crippen molar-refractivity contribution in [3.63, 3.8) is 0 Å². The summed E-state index contributed by atoms with van der Waals surface area (Å²) in [7, 11) is 0. The van der Waals surface area contributed by atoms with Crippen LogP contribution in [0.2, 0.25) is 0 Å². The Labute approximate surface area is 108 Å². The van der Waals surface area contributed by atoms with Gasteiger partial charge in [0.1, 0.15) is 10.8 Å². The highest BCUT2D eigenvalue weighted by atomic mass is 32.2. The summed E-state index contributed by atoms with van der Waals surface area (Å²) in [6.45, 7) is 2.84. The van der Waals surface area contributed by atoms with E-state index in [0.717, 1.165) is 35.4 Å². The Bertz CT molecular complexity index is 537. The van der Waals surface area contributed by atoms with E-state index in [1.54, 1.807) is 12.4 Å². The molecule has 0 radical (unpaired) electrons. The molecular formula is C10H13N7S. The highest BCUT2D eigenvalue weighted by molar-refractivity contribution is 7.99. The van der Waals surface area contributed by atoms with Crippen LogP contribution in [0, 0.1) is 0 Å². The zero-order valence-electron chi connectivity index (χ0n) is 9.94. The maximum atomic E-state index is 4.44. The summed E-state index contributed by atoms with van der Waals surface area (Å²) in [6.07, 6.45) is 5.73. The first-order valence-corrected chi connectivity index (χ1v) is 6.70. The molecular weight excluding hydrogens is 250 g/mol. The average molecular weight is 263 g/mol. The lowest BCUT2D eigenvalue weighted by molar-refractivity contribution is 0.565. The van der Waals surface area contributed by atoms with Gasteiger partial charge < -0.3 is 5.32 Å². The van der Waals surface area contributed by atoms with Gasteiger partial charge in [0, 0.05) is 6.54 Å². The van der Waals surface area contributed by atoms with E-state index < -0.39 is 0 Å². The van der Waals surface area contributed by atoms with Crippen molar-refractivity contribution in [3.8, 4) is 0 Å². The number of anilines is 1. The Hall–Kier alpha value is -1.70. The fourth-order valence-corrected chi connectivity index (χ4v) is 2.36. The fourth-order valence-electron chi connectivity index (χ4n) is 1.56. The molecule has 94 valence electrons. The third kappa shape index (κ3) is 2.42. The van der Waals surface area contributed by atoms with Gasteiger partial charge in [-0.1, -0.05) is 0 Å². The molecule has 0 amide bonds. The number of hydrogen-bond acceptors (Lipinski definition) is 7. The molecule has 1 N–H and O–H groups in total. The van der Waals surface area contributed by atoms with Gasteiger partial charge in [-0.3, -0.25) is 4.98 Å². The average Bonchev–Trinajstić information content (AvgIpc) is 3.12. The van der Waals surface area contributed by atoms with Crippen LogP contribution in [0.5, 0.6) is 0 Å². The smallest absolute Gasteiger partial charge is 0.215 e. The van der Waals surface area contributed by atoms with Crippen LogP contribution in [0.15, 0.2) is 22.6 Å². The lowest BCUT2D eigenvalue weighted by Gasteiger charge is -2.04. The van der Waals surface area contributed by atoms with Crippen LogP contribution in [0.1, 0.15) is 25.8 Å². The molecule has 2 heterocycles. The van der Waals surface area contributed by atoms with E-state index in [1.165, 1.54) is 11.8 Å². The van der Waals surface area contributed by atoms with Crippen molar-refractivity contribution in [2.24, 2.45) is 0 Å². The second-order valence-corrected chi connectivity index (χ2v) is 5.00. The molecule has 18 heavy (non-hydrogen) atoms. The van der Waals surface area contributed by atoms with Gasteiger partial charge in [0.05, 0.1) is 18.4 Å². The van der Waals surface area contributed by atoms with Crippen molar-refractivity contribution < 1.29 is 0 Å². The van der Waals surface area contributed by atoms with Crippen LogP contribution >= 0.6 is 11.8 Å². The molecule has 0 atom stereocenters. The van der Waals surface area contributed by atoms with Crippen LogP contribution in [0.4, 0.5) is 5.82 Å². The molecule has 1 saturated carbocycles. The normalized spacial score (nSPS) is 14.7. The summed E-state index contributed by atoms with van der Waals surface area (Å²) in [5.41, 5.74) is 0. The molecule has 0 spiro atoms. The number of rotatable bonds is 5. The summed E-state index contributed by atoms with van der Waals surface area (Å²) in [5.74, 6) is 0.771. The van der Waals surface area contributed by atoms with Gasteiger partial charge in [-0.05, 0) is 42.0 Å². The molecule has 1 fully saturated rings. The first kappa shape index (κ1) is 11.4. The van der Waals surface area contributed by atoms with Crippen molar-refractivity contribution in [2.45, 2.75) is 36.0 Å². The number of tetrazole rings is 1. The molecule has 0 saturated heterocycles. The molecule has 2 aromatic rings. The maximum Gasteiger partial charge on any atom is 0.215 e. The van der Waals surface area contributed by atoms with Gasteiger partial charge in [-0.2, -0.15) is 0 Å². The topological polar surface area (TPSA) is 81.4 Å². The van der Waals surface area contributed by atoms with Crippen LogP contribution in [-0.4, -0.2) is 36.7 Å². The van der Waals surface area contributed by atoms with E-state index in [-0.39, 0.29) is 0 Å². The van der Waals surface area contributed by atoms with E-state index in [0.29, 0.717) is 6.04 Å². The molecule has 0 bridgehead atoms.